The maximum absolute atomic E-state index is 2.64. The monoisotopic (exact) mass is 435 g/mol. The summed E-state index contributed by atoms with van der Waals surface area (Å²) in [6.45, 7) is 14.9. The van der Waals surface area contributed by atoms with Crippen molar-refractivity contribution in [3.63, 3.8) is 0 Å². The Hall–Kier alpha value is -0.980. The summed E-state index contributed by atoms with van der Waals surface area (Å²) in [6, 6.07) is 18.5. The molecule has 0 spiro atoms. The van der Waals surface area contributed by atoms with Crippen LogP contribution in [-0.4, -0.2) is 5.92 Å². The number of hydrogen-bond acceptors (Lipinski definition) is 0. The molecule has 2 aliphatic carbocycles. The number of benzene rings is 2. The van der Waals surface area contributed by atoms with E-state index in [1.165, 1.54) is 11.1 Å². The summed E-state index contributed by atoms with van der Waals surface area (Å²) in [4.78, 5) is 0. The van der Waals surface area contributed by atoms with Crippen LogP contribution in [-0.2, 0) is 20.9 Å². The Kier molecular flexibility index (Phi) is 4.86. The molecule has 26 heavy (non-hydrogen) atoms. The van der Waals surface area contributed by atoms with Crippen molar-refractivity contribution in [3.05, 3.63) is 81.9 Å². The van der Waals surface area contributed by atoms with E-state index in [1.54, 1.807) is 33.4 Å². The fourth-order valence-electron chi connectivity index (χ4n) is 5.20. The third-order valence-electron chi connectivity index (χ3n) is 6.73. The van der Waals surface area contributed by atoms with Crippen LogP contribution >= 0.6 is 0 Å². The average Bonchev–Trinajstić information content (AvgIpc) is 3.03. The van der Waals surface area contributed by atoms with Gasteiger partial charge in [0, 0.05) is 0 Å². The zero-order valence-corrected chi connectivity index (χ0v) is 20.5. The third kappa shape index (κ3) is 2.64. The van der Waals surface area contributed by atoms with Crippen LogP contribution in [0.25, 0.3) is 11.1 Å². The Morgan fingerprint density at radius 2 is 1.04 bits per heavy atom. The summed E-state index contributed by atoms with van der Waals surface area (Å²) >= 11 is -1.80. The molecule has 2 aromatic rings. The van der Waals surface area contributed by atoms with E-state index in [9.17, 15) is 0 Å². The van der Waals surface area contributed by atoms with Gasteiger partial charge < -0.3 is 0 Å². The molecular formula is C24H29SiZr. The van der Waals surface area contributed by atoms with Crippen LogP contribution in [0, 0.1) is 0 Å². The van der Waals surface area contributed by atoms with Gasteiger partial charge in [-0.05, 0) is 0 Å². The summed E-state index contributed by atoms with van der Waals surface area (Å²) in [5, 5.41) is 0. The quantitative estimate of drug-likeness (QED) is 0.470. The molecule has 4 rings (SSSR count). The van der Waals surface area contributed by atoms with Gasteiger partial charge >= 0.3 is 168 Å². The number of fused-ring (bicyclic) bond motifs is 2. The van der Waals surface area contributed by atoms with Crippen molar-refractivity contribution in [2.24, 2.45) is 0 Å². The van der Waals surface area contributed by atoms with Gasteiger partial charge in [0.15, 0.2) is 0 Å². The standard InChI is InChI=1S/2C11H11.C2H7Si.Zr/c2*1-8-7-10-5-3-4-6-11(10)9(8)2;1-3-2;/h2*3-7H,1-2H3;3H,1-2H3;. The first kappa shape index (κ1) is 18.4. The first-order valence-corrected chi connectivity index (χ1v) is 19.8. The van der Waals surface area contributed by atoms with E-state index < -0.39 is 26.8 Å². The molecule has 0 saturated carbocycles. The van der Waals surface area contributed by atoms with Crippen LogP contribution in [0.15, 0.2) is 59.7 Å². The Balaban J connectivity index is 1.89. The maximum atomic E-state index is 2.64. The SMILES string of the molecule is CC1=C(C)[CH]([Zr]([CH]2C(C)=C(C)c3ccccc32)[SiH](C)C)c2ccccc21. The molecule has 2 aliphatic rings. The van der Waals surface area contributed by atoms with Gasteiger partial charge in [0.05, 0.1) is 0 Å². The van der Waals surface area contributed by atoms with Crippen molar-refractivity contribution in [1.82, 2.24) is 0 Å². The first-order chi connectivity index (χ1) is 12.4. The molecule has 0 bridgehead atoms. The van der Waals surface area contributed by atoms with E-state index in [1.807, 2.05) is 0 Å². The van der Waals surface area contributed by atoms with Crippen LogP contribution in [0.1, 0.15) is 57.2 Å². The summed E-state index contributed by atoms with van der Waals surface area (Å²) < 4.78 is 1.55. The first-order valence-electron chi connectivity index (χ1n) is 9.83. The molecule has 0 aliphatic heterocycles. The Morgan fingerprint density at radius 3 is 1.42 bits per heavy atom. The van der Waals surface area contributed by atoms with Gasteiger partial charge in [-0.25, -0.2) is 0 Å². The third-order valence-corrected chi connectivity index (χ3v) is 28.8. The van der Waals surface area contributed by atoms with Crippen LogP contribution in [0.4, 0.5) is 0 Å². The predicted molar refractivity (Wildman–Crippen MR) is 114 cm³/mol. The van der Waals surface area contributed by atoms with Gasteiger partial charge in [0.1, 0.15) is 0 Å². The number of rotatable bonds is 3. The van der Waals surface area contributed by atoms with Gasteiger partial charge in [0.2, 0.25) is 0 Å². The second kappa shape index (κ2) is 6.88. The molecule has 2 unspecified atom stereocenters. The van der Waals surface area contributed by atoms with Gasteiger partial charge in [-0.3, -0.25) is 0 Å². The van der Waals surface area contributed by atoms with E-state index in [0.29, 0.717) is 0 Å². The molecule has 0 heterocycles. The fourth-order valence-corrected chi connectivity index (χ4v) is 28.8. The minimum absolute atomic E-state index is 0.713. The molecule has 0 saturated heterocycles. The molecule has 0 amide bonds. The zero-order valence-electron chi connectivity index (χ0n) is 16.9. The van der Waals surface area contributed by atoms with E-state index in [0.717, 1.165) is 7.25 Å². The molecule has 2 heteroatoms. The Bertz CT molecular complexity index is 861. The summed E-state index contributed by atoms with van der Waals surface area (Å²) in [6.07, 6.45) is 0. The van der Waals surface area contributed by atoms with Crippen LogP contribution < -0.4 is 0 Å². The molecule has 133 valence electrons. The van der Waals surface area contributed by atoms with Crippen LogP contribution in [0.5, 0.6) is 0 Å². The van der Waals surface area contributed by atoms with E-state index in [-0.39, 0.29) is 0 Å². The minimum atomic E-state index is -1.80. The van der Waals surface area contributed by atoms with Gasteiger partial charge in [-0.1, -0.05) is 0 Å². The molecule has 0 nitrogen and oxygen atoms in total. The fraction of sp³-hybridized carbons (Fsp3) is 0.333. The zero-order chi connectivity index (χ0) is 18.6. The number of allylic oxidation sites excluding steroid dienone is 4. The Morgan fingerprint density at radius 1 is 0.654 bits per heavy atom. The number of hydrogen-bond donors (Lipinski definition) is 0. The summed E-state index contributed by atoms with van der Waals surface area (Å²) in [5.41, 5.74) is 12.9. The molecule has 0 radical (unpaired) electrons. The van der Waals surface area contributed by atoms with Crippen molar-refractivity contribution < 1.29 is 20.9 Å². The van der Waals surface area contributed by atoms with Crippen molar-refractivity contribution in [3.8, 4) is 0 Å². The normalized spacial score (nSPS) is 21.5. The molecule has 2 aromatic carbocycles. The summed E-state index contributed by atoms with van der Waals surface area (Å²) in [7, 11) is 0. The van der Waals surface area contributed by atoms with Crippen molar-refractivity contribution >= 4 is 17.1 Å². The predicted octanol–water partition coefficient (Wildman–Crippen LogP) is 6.68. The van der Waals surface area contributed by atoms with E-state index in [4.69, 9.17) is 0 Å². The summed E-state index contributed by atoms with van der Waals surface area (Å²) in [5.74, 6) is -0.713. The van der Waals surface area contributed by atoms with Crippen LogP contribution in [0.3, 0.4) is 0 Å². The molecule has 2 atom stereocenters. The van der Waals surface area contributed by atoms with Crippen molar-refractivity contribution in [1.29, 1.82) is 0 Å². The second-order valence-corrected chi connectivity index (χ2v) is 28.4. The van der Waals surface area contributed by atoms with E-state index in [2.05, 4.69) is 89.3 Å². The van der Waals surface area contributed by atoms with Crippen molar-refractivity contribution in [2.75, 3.05) is 0 Å². The van der Waals surface area contributed by atoms with Gasteiger partial charge in [-0.15, -0.1) is 0 Å². The topological polar surface area (TPSA) is 0 Å². The molecular weight excluding hydrogens is 408 g/mol. The molecule has 0 N–H and O–H groups in total. The second-order valence-electron chi connectivity index (χ2n) is 8.31. The van der Waals surface area contributed by atoms with Gasteiger partial charge in [0.25, 0.3) is 0 Å². The van der Waals surface area contributed by atoms with Gasteiger partial charge in [-0.2, -0.15) is 0 Å². The van der Waals surface area contributed by atoms with Crippen molar-refractivity contribution in [2.45, 2.75) is 48.0 Å². The molecule has 0 fully saturated rings. The Labute approximate surface area is 167 Å². The van der Waals surface area contributed by atoms with Crippen LogP contribution in [0.2, 0.25) is 13.1 Å². The molecule has 0 aromatic heterocycles. The van der Waals surface area contributed by atoms with E-state index >= 15 is 0 Å². The average molecular weight is 437 g/mol.